The zero-order chi connectivity index (χ0) is 12.4. The van der Waals surface area contributed by atoms with E-state index in [0.29, 0.717) is 12.8 Å². The molecule has 1 aromatic carbocycles. The molecule has 1 atom stereocenters. The first-order valence-electron chi connectivity index (χ1n) is 6.33. The second kappa shape index (κ2) is 4.50. The summed E-state index contributed by atoms with van der Waals surface area (Å²) in [6.07, 6.45) is 3.94. The molecule has 0 radical (unpaired) electrons. The van der Waals surface area contributed by atoms with Gasteiger partial charge in [-0.3, -0.25) is 0 Å². The summed E-state index contributed by atoms with van der Waals surface area (Å²) in [5.41, 5.74) is -0.280. The molecule has 0 saturated heterocycles. The summed E-state index contributed by atoms with van der Waals surface area (Å²) >= 11 is 0. The van der Waals surface area contributed by atoms with E-state index in [-0.39, 0.29) is 0 Å². The Labute approximate surface area is 103 Å². The molecule has 0 heterocycles. The molecule has 0 aromatic heterocycles. The van der Waals surface area contributed by atoms with Crippen molar-refractivity contribution in [2.24, 2.45) is 5.41 Å². The molecular formula is C15H19NO. The first-order chi connectivity index (χ1) is 8.16. The molecule has 90 valence electrons. The SMILES string of the molecule is CCC(O)(Cc1ccccc1)C1(C#N)CCC1. The van der Waals surface area contributed by atoms with E-state index in [1.807, 2.05) is 37.3 Å². The molecule has 0 bridgehead atoms. The number of hydrogen-bond donors (Lipinski definition) is 1. The van der Waals surface area contributed by atoms with Crippen LogP contribution in [0.2, 0.25) is 0 Å². The maximum atomic E-state index is 10.8. The highest BCUT2D eigenvalue weighted by atomic mass is 16.3. The van der Waals surface area contributed by atoms with Crippen LogP contribution in [0.1, 0.15) is 38.2 Å². The van der Waals surface area contributed by atoms with Crippen molar-refractivity contribution in [3.8, 4) is 6.07 Å². The van der Waals surface area contributed by atoms with E-state index in [1.165, 1.54) is 0 Å². The smallest absolute Gasteiger partial charge is 0.0870 e. The van der Waals surface area contributed by atoms with Crippen molar-refractivity contribution in [1.29, 1.82) is 5.26 Å². The third-order valence-corrected chi connectivity index (χ3v) is 4.24. The van der Waals surface area contributed by atoms with Crippen LogP contribution in [0, 0.1) is 16.7 Å². The third kappa shape index (κ3) is 1.96. The number of nitrogens with zero attached hydrogens (tertiary/aromatic N) is 1. The monoisotopic (exact) mass is 229 g/mol. The lowest BCUT2D eigenvalue weighted by Gasteiger charge is -2.48. The van der Waals surface area contributed by atoms with Gasteiger partial charge < -0.3 is 5.11 Å². The highest BCUT2D eigenvalue weighted by Crippen LogP contribution is 2.51. The van der Waals surface area contributed by atoms with E-state index in [9.17, 15) is 10.4 Å². The van der Waals surface area contributed by atoms with E-state index in [2.05, 4.69) is 6.07 Å². The van der Waals surface area contributed by atoms with Gasteiger partial charge in [-0.05, 0) is 24.8 Å². The van der Waals surface area contributed by atoms with Crippen molar-refractivity contribution in [3.05, 3.63) is 35.9 Å². The first kappa shape index (κ1) is 12.1. The predicted octanol–water partition coefficient (Wildman–Crippen LogP) is 3.06. The molecule has 0 spiro atoms. The van der Waals surface area contributed by atoms with Gasteiger partial charge in [0, 0.05) is 6.42 Å². The van der Waals surface area contributed by atoms with Gasteiger partial charge in [-0.25, -0.2) is 0 Å². The first-order valence-corrected chi connectivity index (χ1v) is 6.33. The summed E-state index contributed by atoms with van der Waals surface area (Å²) in [7, 11) is 0. The minimum absolute atomic E-state index is 0.516. The topological polar surface area (TPSA) is 44.0 Å². The molecule has 2 nitrogen and oxygen atoms in total. The second-order valence-electron chi connectivity index (χ2n) is 5.09. The predicted molar refractivity (Wildman–Crippen MR) is 67.3 cm³/mol. The summed E-state index contributed by atoms with van der Waals surface area (Å²) in [5, 5.41) is 20.2. The van der Waals surface area contributed by atoms with Gasteiger partial charge in [0.05, 0.1) is 17.1 Å². The number of hydrogen-bond acceptors (Lipinski definition) is 2. The molecule has 1 aliphatic carbocycles. The molecule has 1 aromatic rings. The summed E-state index contributed by atoms with van der Waals surface area (Å²) in [6.45, 7) is 1.97. The Morgan fingerprint density at radius 2 is 2.00 bits per heavy atom. The standard InChI is InChI=1S/C15H19NO/c1-2-15(17,14(12-16)9-6-10-14)11-13-7-4-3-5-8-13/h3-5,7-8,17H,2,6,9-11H2,1H3. The Bertz CT molecular complexity index is 416. The van der Waals surface area contributed by atoms with E-state index in [0.717, 1.165) is 24.8 Å². The quantitative estimate of drug-likeness (QED) is 0.862. The molecule has 2 heteroatoms. The molecule has 1 fully saturated rings. The van der Waals surface area contributed by atoms with Crippen LogP contribution in [0.3, 0.4) is 0 Å². The second-order valence-corrected chi connectivity index (χ2v) is 5.09. The van der Waals surface area contributed by atoms with Crippen LogP contribution in [0.4, 0.5) is 0 Å². The minimum atomic E-state index is -0.874. The highest BCUT2D eigenvalue weighted by Gasteiger charge is 2.53. The van der Waals surface area contributed by atoms with Crippen molar-refractivity contribution in [3.63, 3.8) is 0 Å². The zero-order valence-corrected chi connectivity index (χ0v) is 10.3. The van der Waals surface area contributed by atoms with Gasteiger partial charge in [-0.2, -0.15) is 5.26 Å². The van der Waals surface area contributed by atoms with Gasteiger partial charge in [-0.15, -0.1) is 0 Å². The van der Waals surface area contributed by atoms with Gasteiger partial charge in [0.1, 0.15) is 0 Å². The molecule has 1 aliphatic rings. The van der Waals surface area contributed by atoms with Crippen LogP contribution >= 0.6 is 0 Å². The normalized spacial score (nSPS) is 21.0. The maximum Gasteiger partial charge on any atom is 0.0870 e. The molecular weight excluding hydrogens is 210 g/mol. The van der Waals surface area contributed by atoms with E-state index >= 15 is 0 Å². The Morgan fingerprint density at radius 3 is 2.41 bits per heavy atom. The molecule has 1 saturated carbocycles. The van der Waals surface area contributed by atoms with Crippen molar-refractivity contribution < 1.29 is 5.11 Å². The molecule has 0 aliphatic heterocycles. The lowest BCUT2D eigenvalue weighted by molar-refractivity contribution is -0.0959. The fourth-order valence-electron chi connectivity index (χ4n) is 2.78. The summed E-state index contributed by atoms with van der Waals surface area (Å²) in [4.78, 5) is 0. The number of rotatable bonds is 4. The van der Waals surface area contributed by atoms with Gasteiger partial charge >= 0.3 is 0 Å². The van der Waals surface area contributed by atoms with Crippen LogP contribution in [0.5, 0.6) is 0 Å². The summed E-state index contributed by atoms with van der Waals surface area (Å²) in [6, 6.07) is 12.3. The average molecular weight is 229 g/mol. The third-order valence-electron chi connectivity index (χ3n) is 4.24. The van der Waals surface area contributed by atoms with E-state index in [1.54, 1.807) is 0 Å². The molecule has 1 N–H and O–H groups in total. The van der Waals surface area contributed by atoms with Gasteiger partial charge in [0.25, 0.3) is 0 Å². The fourth-order valence-corrected chi connectivity index (χ4v) is 2.78. The van der Waals surface area contributed by atoms with Gasteiger partial charge in [0.15, 0.2) is 0 Å². The van der Waals surface area contributed by atoms with Crippen molar-refractivity contribution in [2.45, 2.75) is 44.6 Å². The maximum absolute atomic E-state index is 10.8. The van der Waals surface area contributed by atoms with Crippen molar-refractivity contribution in [2.75, 3.05) is 0 Å². The largest absolute Gasteiger partial charge is 0.388 e. The average Bonchev–Trinajstić information content (AvgIpc) is 2.29. The Morgan fingerprint density at radius 1 is 1.35 bits per heavy atom. The zero-order valence-electron chi connectivity index (χ0n) is 10.3. The van der Waals surface area contributed by atoms with Crippen LogP contribution in [0.15, 0.2) is 30.3 Å². The number of aliphatic hydroxyl groups is 1. The van der Waals surface area contributed by atoms with Crippen molar-refractivity contribution in [1.82, 2.24) is 0 Å². The Hall–Kier alpha value is -1.33. The molecule has 1 unspecified atom stereocenters. The molecule has 0 amide bonds. The Kier molecular flexibility index (Phi) is 3.22. The highest BCUT2D eigenvalue weighted by molar-refractivity contribution is 5.23. The number of benzene rings is 1. The van der Waals surface area contributed by atoms with Gasteiger partial charge in [0.2, 0.25) is 0 Å². The van der Waals surface area contributed by atoms with Crippen LogP contribution in [-0.2, 0) is 6.42 Å². The fraction of sp³-hybridized carbons (Fsp3) is 0.533. The lowest BCUT2D eigenvalue weighted by Crippen LogP contribution is -2.52. The minimum Gasteiger partial charge on any atom is -0.388 e. The van der Waals surface area contributed by atoms with Crippen LogP contribution in [0.25, 0.3) is 0 Å². The Balaban J connectivity index is 2.23. The molecule has 17 heavy (non-hydrogen) atoms. The lowest BCUT2D eigenvalue weighted by atomic mass is 9.57. The molecule has 2 rings (SSSR count). The number of nitriles is 1. The van der Waals surface area contributed by atoms with Crippen LogP contribution < -0.4 is 0 Å². The van der Waals surface area contributed by atoms with E-state index < -0.39 is 11.0 Å². The summed E-state index contributed by atoms with van der Waals surface area (Å²) < 4.78 is 0. The van der Waals surface area contributed by atoms with E-state index in [4.69, 9.17) is 0 Å². The van der Waals surface area contributed by atoms with Crippen molar-refractivity contribution >= 4 is 0 Å². The van der Waals surface area contributed by atoms with Gasteiger partial charge in [-0.1, -0.05) is 43.7 Å². The summed E-state index contributed by atoms with van der Waals surface area (Å²) in [5.74, 6) is 0. The van der Waals surface area contributed by atoms with Crippen LogP contribution in [-0.4, -0.2) is 10.7 Å².